The van der Waals surface area contributed by atoms with Crippen molar-refractivity contribution >= 4 is 5.97 Å². The van der Waals surface area contributed by atoms with Crippen molar-refractivity contribution < 1.29 is 29.6 Å². The van der Waals surface area contributed by atoms with Gasteiger partial charge in [-0.1, -0.05) is 0 Å². The number of esters is 1. The van der Waals surface area contributed by atoms with Crippen LogP contribution in [-0.2, 0) is 14.3 Å². The maximum Gasteiger partial charge on any atom is 0.337 e. The van der Waals surface area contributed by atoms with Gasteiger partial charge in [0, 0.05) is 0 Å². The molecule has 12 heavy (non-hydrogen) atoms. The van der Waals surface area contributed by atoms with Crippen LogP contribution in [0.3, 0.4) is 0 Å². The molecule has 0 aromatic heterocycles. The number of ether oxygens (including phenoxy) is 2. The maximum absolute atomic E-state index is 10.8. The Hall–Kier alpha value is -0.690. The molecule has 6 heteroatoms. The summed E-state index contributed by atoms with van der Waals surface area (Å²) in [6, 6.07) is 0. The van der Waals surface area contributed by atoms with Crippen LogP contribution in [0.25, 0.3) is 0 Å². The second-order valence-electron chi connectivity index (χ2n) is 2.45. The molecule has 0 amide bonds. The molecule has 3 N–H and O–H groups in total. The lowest BCUT2D eigenvalue weighted by atomic mass is 10.1. The largest absolute Gasteiger partial charge is 0.467 e. The molecule has 1 fully saturated rings. The summed E-state index contributed by atoms with van der Waals surface area (Å²) in [6.45, 7) is 0. The van der Waals surface area contributed by atoms with E-state index in [1.54, 1.807) is 0 Å². The van der Waals surface area contributed by atoms with Gasteiger partial charge >= 0.3 is 5.97 Å². The molecule has 0 radical (unpaired) electrons. The van der Waals surface area contributed by atoms with E-state index in [4.69, 9.17) is 15.3 Å². The Morgan fingerprint density at radius 2 is 1.92 bits per heavy atom. The van der Waals surface area contributed by atoms with Crippen LogP contribution in [0.4, 0.5) is 0 Å². The molecule has 1 aliphatic heterocycles. The van der Waals surface area contributed by atoms with Gasteiger partial charge in [-0.3, -0.25) is 0 Å². The lowest BCUT2D eigenvalue weighted by molar-refractivity contribution is -0.168. The van der Waals surface area contributed by atoms with Gasteiger partial charge in [-0.05, 0) is 0 Å². The molecule has 6 nitrogen and oxygen atoms in total. The van der Waals surface area contributed by atoms with E-state index >= 15 is 0 Å². The number of hydrogen-bond donors (Lipinski definition) is 3. The van der Waals surface area contributed by atoms with E-state index in [-0.39, 0.29) is 0 Å². The second kappa shape index (κ2) is 3.36. The summed E-state index contributed by atoms with van der Waals surface area (Å²) >= 11 is 0. The summed E-state index contributed by atoms with van der Waals surface area (Å²) in [5.74, 6) is -0.821. The molecule has 0 unspecified atom stereocenters. The molecule has 70 valence electrons. The number of carbonyl (C=O) groups excluding carboxylic acids is 1. The summed E-state index contributed by atoms with van der Waals surface area (Å²) < 4.78 is 8.77. The molecular weight excluding hydrogens is 168 g/mol. The first-order valence-corrected chi connectivity index (χ1v) is 3.35. The topological polar surface area (TPSA) is 96.2 Å². The molecule has 0 bridgehead atoms. The Morgan fingerprint density at radius 1 is 1.33 bits per heavy atom. The summed E-state index contributed by atoms with van der Waals surface area (Å²) in [6.07, 6.45) is -5.74. The van der Waals surface area contributed by atoms with E-state index in [0.717, 1.165) is 7.11 Å². The maximum atomic E-state index is 10.8. The predicted molar refractivity (Wildman–Crippen MR) is 34.9 cm³/mol. The lowest BCUT2D eigenvalue weighted by Gasteiger charge is -2.10. The number of methoxy groups -OCH3 is 1. The first kappa shape index (κ1) is 9.40. The van der Waals surface area contributed by atoms with Crippen LogP contribution in [-0.4, -0.2) is 53.0 Å². The van der Waals surface area contributed by atoms with E-state index < -0.39 is 30.6 Å². The van der Waals surface area contributed by atoms with Gasteiger partial charge in [0.2, 0.25) is 0 Å². The quantitative estimate of drug-likeness (QED) is 0.387. The van der Waals surface area contributed by atoms with Gasteiger partial charge in [0.1, 0.15) is 12.2 Å². The Morgan fingerprint density at radius 3 is 2.25 bits per heavy atom. The average molecular weight is 178 g/mol. The van der Waals surface area contributed by atoms with Crippen molar-refractivity contribution in [2.75, 3.05) is 7.11 Å². The highest BCUT2D eigenvalue weighted by molar-refractivity contribution is 5.75. The first-order valence-electron chi connectivity index (χ1n) is 3.35. The molecule has 1 rings (SSSR count). The van der Waals surface area contributed by atoms with Crippen LogP contribution < -0.4 is 0 Å². The minimum atomic E-state index is -1.54. The van der Waals surface area contributed by atoms with Crippen molar-refractivity contribution in [3.8, 4) is 0 Å². The fraction of sp³-hybridized carbons (Fsp3) is 0.833. The summed E-state index contributed by atoms with van der Waals surface area (Å²) in [4.78, 5) is 10.8. The number of aliphatic hydroxyl groups is 3. The third-order valence-electron chi connectivity index (χ3n) is 1.67. The van der Waals surface area contributed by atoms with E-state index in [0.29, 0.717) is 0 Å². The van der Waals surface area contributed by atoms with Gasteiger partial charge in [-0.25, -0.2) is 4.79 Å². The van der Waals surface area contributed by atoms with Crippen molar-refractivity contribution in [1.29, 1.82) is 0 Å². The van der Waals surface area contributed by atoms with Crippen LogP contribution in [0.1, 0.15) is 0 Å². The molecule has 0 aromatic carbocycles. The molecule has 0 saturated carbocycles. The van der Waals surface area contributed by atoms with Crippen LogP contribution in [0, 0.1) is 0 Å². The molecule has 0 aromatic rings. The predicted octanol–water partition coefficient (Wildman–Crippen LogP) is -2.40. The van der Waals surface area contributed by atoms with Crippen molar-refractivity contribution in [2.45, 2.75) is 24.6 Å². The zero-order valence-electron chi connectivity index (χ0n) is 6.38. The molecule has 1 saturated heterocycles. The average Bonchev–Trinajstić information content (AvgIpc) is 2.32. The van der Waals surface area contributed by atoms with Gasteiger partial charge in [-0.15, -0.1) is 0 Å². The highest BCUT2D eigenvalue weighted by Gasteiger charge is 2.46. The summed E-state index contributed by atoms with van der Waals surface area (Å²) in [5.41, 5.74) is 0. The van der Waals surface area contributed by atoms with E-state index in [9.17, 15) is 4.79 Å². The number of aliphatic hydroxyl groups excluding tert-OH is 3. The van der Waals surface area contributed by atoms with Gasteiger partial charge in [0.05, 0.1) is 7.11 Å². The molecule has 1 heterocycles. The van der Waals surface area contributed by atoms with Crippen LogP contribution >= 0.6 is 0 Å². The van der Waals surface area contributed by atoms with Crippen molar-refractivity contribution in [3.63, 3.8) is 0 Å². The molecular formula is C6H10O6. The van der Waals surface area contributed by atoms with E-state index in [2.05, 4.69) is 9.47 Å². The zero-order valence-corrected chi connectivity index (χ0v) is 6.38. The fourth-order valence-corrected chi connectivity index (χ4v) is 0.970. The number of hydrogen-bond acceptors (Lipinski definition) is 6. The van der Waals surface area contributed by atoms with Crippen molar-refractivity contribution in [3.05, 3.63) is 0 Å². The Labute approximate surface area is 68.3 Å². The Kier molecular flexibility index (Phi) is 2.63. The smallest absolute Gasteiger partial charge is 0.337 e. The van der Waals surface area contributed by atoms with Crippen LogP contribution in [0.2, 0.25) is 0 Å². The second-order valence-corrected chi connectivity index (χ2v) is 2.45. The Bertz CT molecular complexity index is 181. The zero-order chi connectivity index (χ0) is 9.30. The fourth-order valence-electron chi connectivity index (χ4n) is 0.970. The normalized spacial score (nSPS) is 41.3. The van der Waals surface area contributed by atoms with Crippen molar-refractivity contribution in [1.82, 2.24) is 0 Å². The van der Waals surface area contributed by atoms with Gasteiger partial charge in [0.25, 0.3) is 0 Å². The highest BCUT2D eigenvalue weighted by atomic mass is 16.7. The Balaban J connectivity index is 2.64. The highest BCUT2D eigenvalue weighted by Crippen LogP contribution is 2.20. The minimum Gasteiger partial charge on any atom is -0.467 e. The third-order valence-corrected chi connectivity index (χ3v) is 1.67. The van der Waals surface area contributed by atoms with E-state index in [1.165, 1.54) is 0 Å². The minimum absolute atomic E-state index is 0.821. The van der Waals surface area contributed by atoms with Gasteiger partial charge < -0.3 is 24.8 Å². The van der Waals surface area contributed by atoms with Crippen LogP contribution in [0.5, 0.6) is 0 Å². The monoisotopic (exact) mass is 178 g/mol. The molecule has 1 aliphatic rings. The SMILES string of the molecule is COC(=O)[C@H]1O[C@H](O)[C@@H](O)[C@@H]1O. The number of rotatable bonds is 1. The molecule has 0 aliphatic carbocycles. The molecule has 4 atom stereocenters. The summed E-state index contributed by atoms with van der Waals surface area (Å²) in [7, 11) is 1.12. The standard InChI is InChI=1S/C6H10O6/c1-11-6(10)4-2(7)3(8)5(9)12-4/h2-5,7-9H,1H3/t2-,3-,4-,5-/m0/s1. The van der Waals surface area contributed by atoms with Gasteiger partial charge in [-0.2, -0.15) is 0 Å². The van der Waals surface area contributed by atoms with Gasteiger partial charge in [0.15, 0.2) is 12.4 Å². The van der Waals surface area contributed by atoms with Crippen LogP contribution in [0.15, 0.2) is 0 Å². The first-order chi connectivity index (χ1) is 5.57. The summed E-state index contributed by atoms with van der Waals surface area (Å²) in [5, 5.41) is 26.9. The van der Waals surface area contributed by atoms with E-state index in [1.807, 2.05) is 0 Å². The van der Waals surface area contributed by atoms with Crippen molar-refractivity contribution in [2.24, 2.45) is 0 Å². The number of carbonyl (C=O) groups is 1. The third kappa shape index (κ3) is 1.42. The lowest BCUT2D eigenvalue weighted by Crippen LogP contribution is -2.36. The molecule has 0 spiro atoms.